The largest absolute Gasteiger partial charge is 0.357 e. The topological polar surface area (TPSA) is 126 Å². The number of carbonyl (C=O) groups is 2. The lowest BCUT2D eigenvalue weighted by atomic mass is 10.1. The number of aryl methyl sites for hydroxylation is 1. The monoisotopic (exact) mass is 567 g/mol. The molecule has 0 spiro atoms. The average Bonchev–Trinajstić information content (AvgIpc) is 3.77. The highest BCUT2D eigenvalue weighted by molar-refractivity contribution is 7.17. The molecular weight excluding hydrogens is 545 g/mol. The van der Waals surface area contributed by atoms with E-state index in [1.165, 1.54) is 22.0 Å². The third kappa shape index (κ3) is 4.21. The fourth-order valence-corrected chi connectivity index (χ4v) is 6.22. The van der Waals surface area contributed by atoms with E-state index in [0.717, 1.165) is 33.4 Å². The zero-order chi connectivity index (χ0) is 28.1. The number of benzene rings is 1. The number of halogens is 1. The normalized spacial score (nSPS) is 13.8. The van der Waals surface area contributed by atoms with Crippen LogP contribution in [0.15, 0.2) is 60.5 Å². The van der Waals surface area contributed by atoms with Gasteiger partial charge in [-0.2, -0.15) is 0 Å². The first-order chi connectivity index (χ1) is 20.0. The number of amides is 1. The number of thiophene rings is 1. The van der Waals surface area contributed by atoms with Crippen molar-refractivity contribution in [1.82, 2.24) is 39.8 Å². The molecule has 1 aromatic carbocycles. The molecule has 0 unspecified atom stereocenters. The molecule has 6 heterocycles. The van der Waals surface area contributed by atoms with E-state index >= 15 is 0 Å². The lowest BCUT2D eigenvalue weighted by Gasteiger charge is -2.35. The summed E-state index contributed by atoms with van der Waals surface area (Å²) in [6, 6.07) is 10.1. The third-order valence-electron chi connectivity index (χ3n) is 7.20. The van der Waals surface area contributed by atoms with Crippen LogP contribution >= 0.6 is 11.3 Å². The molecular formula is C28H22FN9O2S. The summed E-state index contributed by atoms with van der Waals surface area (Å²) in [4.78, 5) is 47.6. The highest BCUT2D eigenvalue weighted by Gasteiger charge is 2.31. The number of aromatic nitrogens is 7. The Balaban J connectivity index is 1.14. The fraction of sp³-hybridized carbons (Fsp3) is 0.179. The van der Waals surface area contributed by atoms with Gasteiger partial charge in [0.05, 0.1) is 40.4 Å². The van der Waals surface area contributed by atoms with Crippen molar-refractivity contribution in [3.05, 3.63) is 77.7 Å². The predicted molar refractivity (Wildman–Crippen MR) is 152 cm³/mol. The molecule has 7 rings (SSSR count). The summed E-state index contributed by atoms with van der Waals surface area (Å²) in [5.74, 6) is -0.424. The van der Waals surface area contributed by atoms with Gasteiger partial charge in [-0.1, -0.05) is 35.5 Å². The fourth-order valence-electron chi connectivity index (χ4n) is 5.23. The number of Topliss-reactive ketones (excluding diaryl/α,β-unsaturated/α-hetero) is 1. The first-order valence-corrected chi connectivity index (χ1v) is 13.8. The lowest BCUT2D eigenvalue weighted by Crippen LogP contribution is -2.51. The van der Waals surface area contributed by atoms with Crippen LogP contribution in [0, 0.1) is 12.7 Å². The zero-order valence-electron chi connectivity index (χ0n) is 21.8. The maximum absolute atomic E-state index is 14.9. The van der Waals surface area contributed by atoms with Crippen LogP contribution in [0.25, 0.3) is 38.1 Å². The van der Waals surface area contributed by atoms with Crippen LogP contribution < -0.4 is 4.90 Å². The summed E-state index contributed by atoms with van der Waals surface area (Å²) in [5, 5.41) is 10.7. The predicted octanol–water partition coefficient (Wildman–Crippen LogP) is 3.79. The quantitative estimate of drug-likeness (QED) is 0.246. The maximum Gasteiger partial charge on any atom is 0.295 e. The molecule has 11 nitrogen and oxygen atoms in total. The smallest absolute Gasteiger partial charge is 0.295 e. The number of hydrogen-bond donors (Lipinski definition) is 1. The Morgan fingerprint density at radius 3 is 2.59 bits per heavy atom. The summed E-state index contributed by atoms with van der Waals surface area (Å²) in [7, 11) is 0. The van der Waals surface area contributed by atoms with Gasteiger partial charge in [0, 0.05) is 43.3 Å². The number of fused-ring (bicyclic) bond motifs is 2. The summed E-state index contributed by atoms with van der Waals surface area (Å²) in [6.45, 7) is 3.47. The Morgan fingerprint density at radius 1 is 1.02 bits per heavy atom. The molecule has 0 bridgehead atoms. The minimum Gasteiger partial charge on any atom is -0.357 e. The summed E-state index contributed by atoms with van der Waals surface area (Å²) < 4.78 is 16.2. The number of nitrogens with one attached hydrogen (secondary N) is 1. The van der Waals surface area contributed by atoms with Crippen molar-refractivity contribution in [3.63, 3.8) is 0 Å². The number of rotatable bonds is 5. The van der Waals surface area contributed by atoms with Crippen molar-refractivity contribution < 1.29 is 14.0 Å². The van der Waals surface area contributed by atoms with E-state index in [1.54, 1.807) is 17.5 Å². The van der Waals surface area contributed by atoms with Gasteiger partial charge >= 0.3 is 0 Å². The number of pyridine rings is 1. The Bertz CT molecular complexity index is 1930. The number of ketones is 1. The first-order valence-electron chi connectivity index (χ1n) is 12.9. The SMILES string of the molecule is Cc1nc(N2CCN(C(=O)C(=O)c3c[nH]c4c(-n5ccnn5)ncc(F)c34)CC2)c2c(-c3ccccc3)csc2n1. The van der Waals surface area contributed by atoms with E-state index in [1.807, 2.05) is 25.1 Å². The number of carbonyl (C=O) groups excluding carboxylic acids is 2. The van der Waals surface area contributed by atoms with Gasteiger partial charge in [0.2, 0.25) is 0 Å². The summed E-state index contributed by atoms with van der Waals surface area (Å²) in [6.07, 6.45) is 5.36. The molecule has 1 aliphatic heterocycles. The summed E-state index contributed by atoms with van der Waals surface area (Å²) >= 11 is 1.58. The van der Waals surface area contributed by atoms with E-state index in [0.29, 0.717) is 32.0 Å². The molecule has 6 aromatic rings. The number of H-pyrrole nitrogens is 1. The standard InChI is InChI=1S/C28H22FN9O2S/c1-16-33-25(22-19(15-41-27(22)34-16)17-5-3-2-4-6-17)36-9-11-37(12-10-36)28(40)24(39)18-13-30-23-21(18)20(29)14-31-26(23)38-8-7-32-35-38/h2-8,13-15,30H,9-12H2,1H3. The van der Waals surface area contributed by atoms with Gasteiger partial charge in [0.15, 0.2) is 11.6 Å². The highest BCUT2D eigenvalue weighted by atomic mass is 32.1. The Kier molecular flexibility index (Phi) is 6.00. The molecule has 0 radical (unpaired) electrons. The van der Waals surface area contributed by atoms with E-state index in [9.17, 15) is 14.0 Å². The van der Waals surface area contributed by atoms with Crippen LogP contribution in [0.5, 0.6) is 0 Å². The van der Waals surface area contributed by atoms with Gasteiger partial charge in [-0.15, -0.1) is 16.4 Å². The van der Waals surface area contributed by atoms with E-state index in [4.69, 9.17) is 4.98 Å². The zero-order valence-corrected chi connectivity index (χ0v) is 22.6. The molecule has 0 atom stereocenters. The molecule has 1 fully saturated rings. The Labute approximate surface area is 236 Å². The van der Waals surface area contributed by atoms with Crippen LogP contribution in [0.4, 0.5) is 10.2 Å². The minimum absolute atomic E-state index is 0.00719. The minimum atomic E-state index is -0.788. The third-order valence-corrected chi connectivity index (χ3v) is 8.07. The maximum atomic E-state index is 14.9. The van der Waals surface area contributed by atoms with Gasteiger partial charge in [-0.05, 0) is 12.5 Å². The number of piperazine rings is 1. The number of aromatic amines is 1. The van der Waals surface area contributed by atoms with Gasteiger partial charge in [0.1, 0.15) is 16.5 Å². The van der Waals surface area contributed by atoms with Crippen molar-refractivity contribution in [2.24, 2.45) is 0 Å². The Hall–Kier alpha value is -5.04. The molecule has 1 amide bonds. The Morgan fingerprint density at radius 2 is 1.83 bits per heavy atom. The number of anilines is 1. The molecule has 1 N–H and O–H groups in total. The van der Waals surface area contributed by atoms with Crippen LogP contribution in [0.2, 0.25) is 0 Å². The van der Waals surface area contributed by atoms with E-state index in [-0.39, 0.29) is 22.3 Å². The van der Waals surface area contributed by atoms with Gasteiger partial charge in [-0.25, -0.2) is 24.0 Å². The van der Waals surface area contributed by atoms with Crippen LogP contribution in [0.3, 0.4) is 0 Å². The number of hydrogen-bond acceptors (Lipinski definition) is 9. The second kappa shape index (κ2) is 9.86. The van der Waals surface area contributed by atoms with E-state index in [2.05, 4.69) is 47.7 Å². The van der Waals surface area contributed by atoms with Crippen molar-refractivity contribution in [2.45, 2.75) is 6.92 Å². The molecule has 0 aliphatic carbocycles. The van der Waals surface area contributed by atoms with Crippen LogP contribution in [-0.4, -0.2) is 77.7 Å². The second-order valence-electron chi connectivity index (χ2n) is 9.63. The van der Waals surface area contributed by atoms with Gasteiger partial charge in [-0.3, -0.25) is 9.59 Å². The molecule has 204 valence electrons. The van der Waals surface area contributed by atoms with Crippen LogP contribution in [0.1, 0.15) is 16.2 Å². The van der Waals surface area contributed by atoms with Crippen molar-refractivity contribution in [2.75, 3.05) is 31.1 Å². The van der Waals surface area contributed by atoms with E-state index < -0.39 is 17.5 Å². The molecule has 1 saturated heterocycles. The molecule has 5 aromatic heterocycles. The lowest BCUT2D eigenvalue weighted by molar-refractivity contribution is -0.126. The summed E-state index contributed by atoms with van der Waals surface area (Å²) in [5.41, 5.74) is 2.35. The molecule has 41 heavy (non-hydrogen) atoms. The van der Waals surface area contributed by atoms with Crippen molar-refractivity contribution in [3.8, 4) is 16.9 Å². The van der Waals surface area contributed by atoms with Crippen LogP contribution in [-0.2, 0) is 4.79 Å². The average molecular weight is 568 g/mol. The first kappa shape index (κ1) is 25.0. The van der Waals surface area contributed by atoms with Gasteiger partial charge in [0.25, 0.3) is 11.7 Å². The van der Waals surface area contributed by atoms with Gasteiger partial charge < -0.3 is 14.8 Å². The van der Waals surface area contributed by atoms with Crippen molar-refractivity contribution in [1.29, 1.82) is 0 Å². The van der Waals surface area contributed by atoms with Crippen molar-refractivity contribution >= 4 is 50.0 Å². The molecule has 0 saturated carbocycles. The number of nitrogens with zero attached hydrogens (tertiary/aromatic N) is 8. The molecule has 13 heteroatoms. The second-order valence-corrected chi connectivity index (χ2v) is 10.5. The molecule has 1 aliphatic rings. The highest BCUT2D eigenvalue weighted by Crippen LogP contribution is 2.38.